The van der Waals surface area contributed by atoms with Crippen LogP contribution in [0.1, 0.15) is 206 Å². The van der Waals surface area contributed by atoms with Crippen LogP contribution in [-0.2, 0) is 37.5 Å². The lowest BCUT2D eigenvalue weighted by Gasteiger charge is -2.20. The van der Waals surface area contributed by atoms with Gasteiger partial charge in [0, 0.05) is 12.8 Å². The monoisotopic (exact) mass is 790 g/mol. The zero-order valence-electron chi connectivity index (χ0n) is 34.3. The summed E-state index contributed by atoms with van der Waals surface area (Å²) in [4.78, 5) is 45.9. The van der Waals surface area contributed by atoms with E-state index < -0.39 is 51.1 Å². The molecule has 0 aliphatic heterocycles. The Morgan fingerprint density at radius 2 is 0.926 bits per heavy atom. The zero-order valence-corrected chi connectivity index (χ0v) is 35.2. The van der Waals surface area contributed by atoms with Gasteiger partial charge in [0.05, 0.1) is 13.2 Å². The molecule has 0 fully saturated rings. The van der Waals surface area contributed by atoms with Gasteiger partial charge in [-0.25, -0.2) is 4.57 Å². The molecule has 0 radical (unpaired) electrons. The van der Waals surface area contributed by atoms with Gasteiger partial charge in [-0.15, -0.1) is 0 Å². The number of phosphoric acid groups is 1. The third-order valence-electron chi connectivity index (χ3n) is 9.51. The van der Waals surface area contributed by atoms with Crippen molar-refractivity contribution in [2.45, 2.75) is 219 Å². The van der Waals surface area contributed by atoms with Crippen molar-refractivity contribution in [3.05, 3.63) is 12.2 Å². The van der Waals surface area contributed by atoms with Crippen LogP contribution in [0.3, 0.4) is 0 Å². The molecule has 0 aromatic heterocycles. The Morgan fingerprint density at radius 1 is 0.556 bits per heavy atom. The fourth-order valence-electron chi connectivity index (χ4n) is 6.06. The standard InChI is InChI=1S/C42H80NO10P/c1-3-5-7-9-11-13-15-17-18-19-20-22-24-26-28-30-32-34-41(45)53-38(36-51-54(48,49)52-37-39(43)42(46)47)35-50-40(44)33-31-29-27-25-23-21-16-14-12-10-8-6-4-2/h17-18,38-39H,3-16,19-37,43H2,1-2H3,(H,46,47)(H,48,49)/b18-17-. The number of hydrogen-bond acceptors (Lipinski definition) is 9. The second-order valence-corrected chi connectivity index (χ2v) is 16.3. The number of carbonyl (C=O) groups is 3. The molecule has 3 unspecified atom stereocenters. The van der Waals surface area contributed by atoms with Gasteiger partial charge in [-0.05, 0) is 38.5 Å². The molecule has 11 nitrogen and oxygen atoms in total. The van der Waals surface area contributed by atoms with Gasteiger partial charge in [-0.1, -0.05) is 167 Å². The number of phosphoric ester groups is 1. The third-order valence-corrected chi connectivity index (χ3v) is 10.5. The van der Waals surface area contributed by atoms with E-state index in [1.54, 1.807) is 0 Å². The molecule has 0 aromatic rings. The van der Waals surface area contributed by atoms with Crippen LogP contribution in [0.25, 0.3) is 0 Å². The largest absolute Gasteiger partial charge is 0.480 e. The van der Waals surface area contributed by atoms with Crippen molar-refractivity contribution in [3.8, 4) is 0 Å². The van der Waals surface area contributed by atoms with E-state index in [0.29, 0.717) is 12.8 Å². The Morgan fingerprint density at radius 3 is 1.35 bits per heavy atom. The number of carboxylic acids is 1. The Bertz CT molecular complexity index is 979. The highest BCUT2D eigenvalue weighted by Crippen LogP contribution is 2.43. The van der Waals surface area contributed by atoms with Gasteiger partial charge in [-0.2, -0.15) is 0 Å². The minimum absolute atomic E-state index is 0.160. The van der Waals surface area contributed by atoms with Crippen LogP contribution < -0.4 is 5.73 Å². The van der Waals surface area contributed by atoms with E-state index in [1.807, 2.05) is 0 Å². The summed E-state index contributed by atoms with van der Waals surface area (Å²) in [6, 6.07) is -1.52. The van der Waals surface area contributed by atoms with E-state index in [-0.39, 0.29) is 19.4 Å². The molecule has 0 rings (SSSR count). The molecule has 54 heavy (non-hydrogen) atoms. The summed E-state index contributed by atoms with van der Waals surface area (Å²) in [5.41, 5.74) is 5.33. The number of rotatable bonds is 41. The van der Waals surface area contributed by atoms with E-state index in [1.165, 1.54) is 122 Å². The summed E-state index contributed by atoms with van der Waals surface area (Å²) >= 11 is 0. The van der Waals surface area contributed by atoms with Crippen LogP contribution in [0.4, 0.5) is 0 Å². The topological polar surface area (TPSA) is 172 Å². The molecule has 3 atom stereocenters. The maximum atomic E-state index is 12.6. The Labute approximate surface area is 328 Å². The SMILES string of the molecule is CCCCCCCC/C=C\CCCCCCCCCC(=O)OC(COC(=O)CCCCCCCCCCCCCCC)COP(=O)(O)OCC(N)C(=O)O. The molecule has 0 aliphatic carbocycles. The smallest absolute Gasteiger partial charge is 0.472 e. The Balaban J connectivity index is 4.34. The lowest BCUT2D eigenvalue weighted by Crippen LogP contribution is -2.34. The number of carboxylic acid groups (broad SMARTS) is 1. The fraction of sp³-hybridized carbons (Fsp3) is 0.881. The molecular weight excluding hydrogens is 709 g/mol. The van der Waals surface area contributed by atoms with Crippen LogP contribution in [0.2, 0.25) is 0 Å². The second-order valence-electron chi connectivity index (χ2n) is 14.8. The molecule has 0 bridgehead atoms. The van der Waals surface area contributed by atoms with E-state index in [0.717, 1.165) is 44.9 Å². The first-order valence-corrected chi connectivity index (χ1v) is 23.2. The van der Waals surface area contributed by atoms with E-state index >= 15 is 0 Å². The van der Waals surface area contributed by atoms with Crippen LogP contribution in [0, 0.1) is 0 Å². The number of nitrogens with two attached hydrogens (primary N) is 1. The summed E-state index contributed by atoms with van der Waals surface area (Å²) in [5, 5.41) is 8.88. The van der Waals surface area contributed by atoms with Crippen molar-refractivity contribution in [2.75, 3.05) is 19.8 Å². The lowest BCUT2D eigenvalue weighted by molar-refractivity contribution is -0.161. The lowest BCUT2D eigenvalue weighted by atomic mass is 10.0. The van der Waals surface area contributed by atoms with Gasteiger partial charge < -0.3 is 25.2 Å². The highest BCUT2D eigenvalue weighted by Gasteiger charge is 2.28. The summed E-state index contributed by atoms with van der Waals surface area (Å²) < 4.78 is 32.7. The summed E-state index contributed by atoms with van der Waals surface area (Å²) in [5.74, 6) is -2.37. The number of aliphatic carboxylic acids is 1. The van der Waals surface area contributed by atoms with Crippen molar-refractivity contribution >= 4 is 25.7 Å². The average molecular weight is 790 g/mol. The Kier molecular flexibility index (Phi) is 36.9. The molecule has 12 heteroatoms. The molecule has 0 amide bonds. The fourth-order valence-corrected chi connectivity index (χ4v) is 6.84. The first-order valence-electron chi connectivity index (χ1n) is 21.7. The number of ether oxygens (including phenoxy) is 2. The van der Waals surface area contributed by atoms with Gasteiger partial charge in [0.25, 0.3) is 0 Å². The molecule has 0 saturated carbocycles. The van der Waals surface area contributed by atoms with Crippen molar-refractivity contribution in [1.82, 2.24) is 0 Å². The summed E-state index contributed by atoms with van der Waals surface area (Å²) in [6.45, 7) is 2.81. The van der Waals surface area contributed by atoms with Gasteiger partial charge in [0.15, 0.2) is 6.10 Å². The van der Waals surface area contributed by atoms with Crippen LogP contribution >= 0.6 is 7.82 Å². The average Bonchev–Trinajstić information content (AvgIpc) is 3.14. The van der Waals surface area contributed by atoms with E-state index in [2.05, 4.69) is 30.5 Å². The van der Waals surface area contributed by atoms with Gasteiger partial charge in [0.1, 0.15) is 12.6 Å². The predicted molar refractivity (Wildman–Crippen MR) is 217 cm³/mol. The van der Waals surface area contributed by atoms with Gasteiger partial charge in [-0.3, -0.25) is 23.4 Å². The summed E-state index contributed by atoms with van der Waals surface area (Å²) in [7, 11) is -4.71. The van der Waals surface area contributed by atoms with Gasteiger partial charge in [0.2, 0.25) is 0 Å². The minimum Gasteiger partial charge on any atom is -0.480 e. The normalized spacial score (nSPS) is 13.9. The molecular formula is C42H80NO10P. The molecule has 0 heterocycles. The van der Waals surface area contributed by atoms with Crippen molar-refractivity contribution in [3.63, 3.8) is 0 Å². The highest BCUT2D eigenvalue weighted by atomic mass is 31.2. The molecule has 0 saturated heterocycles. The quantitative estimate of drug-likeness (QED) is 0.0233. The third kappa shape index (κ3) is 37.2. The van der Waals surface area contributed by atoms with Crippen LogP contribution in [0.15, 0.2) is 12.2 Å². The van der Waals surface area contributed by atoms with Crippen molar-refractivity contribution in [1.29, 1.82) is 0 Å². The minimum atomic E-state index is -4.71. The maximum absolute atomic E-state index is 12.6. The molecule has 0 spiro atoms. The number of allylic oxidation sites excluding steroid dienone is 2. The van der Waals surface area contributed by atoms with Crippen molar-refractivity contribution in [2.24, 2.45) is 5.73 Å². The van der Waals surface area contributed by atoms with E-state index in [4.69, 9.17) is 24.8 Å². The predicted octanol–water partition coefficient (Wildman–Crippen LogP) is 11.3. The van der Waals surface area contributed by atoms with Crippen LogP contribution in [0.5, 0.6) is 0 Å². The second kappa shape index (κ2) is 38.1. The molecule has 318 valence electrons. The van der Waals surface area contributed by atoms with Crippen LogP contribution in [-0.4, -0.2) is 59.9 Å². The van der Waals surface area contributed by atoms with E-state index in [9.17, 15) is 23.8 Å². The molecule has 4 N–H and O–H groups in total. The number of carbonyl (C=O) groups excluding carboxylic acids is 2. The Hall–Kier alpha value is -1.78. The number of esters is 2. The first-order chi connectivity index (χ1) is 26.1. The maximum Gasteiger partial charge on any atom is 0.472 e. The first kappa shape index (κ1) is 52.2. The summed E-state index contributed by atoms with van der Waals surface area (Å²) in [6.07, 6.45) is 37.0. The molecule has 0 aliphatic rings. The number of hydrogen-bond donors (Lipinski definition) is 3. The van der Waals surface area contributed by atoms with Gasteiger partial charge >= 0.3 is 25.7 Å². The molecule has 0 aromatic carbocycles. The zero-order chi connectivity index (χ0) is 40.0. The highest BCUT2D eigenvalue weighted by molar-refractivity contribution is 7.47. The van der Waals surface area contributed by atoms with Crippen molar-refractivity contribution < 1.29 is 47.5 Å². The number of unbranched alkanes of at least 4 members (excludes halogenated alkanes) is 25.